The molecule has 0 fully saturated rings. The van der Waals surface area contributed by atoms with Gasteiger partial charge in [0.05, 0.1) is 6.54 Å². The predicted molar refractivity (Wildman–Crippen MR) is 73.9 cm³/mol. The van der Waals surface area contributed by atoms with Crippen LogP contribution in [0.5, 0.6) is 5.75 Å². The highest BCUT2D eigenvalue weighted by Crippen LogP contribution is 2.12. The second kappa shape index (κ2) is 6.10. The van der Waals surface area contributed by atoms with Crippen molar-refractivity contribution in [1.29, 1.82) is 0 Å². The minimum absolute atomic E-state index is 0.433. The first-order chi connectivity index (χ1) is 8.78. The number of rotatable bonds is 5. The quantitative estimate of drug-likeness (QED) is 0.776. The van der Waals surface area contributed by atoms with Crippen molar-refractivity contribution in [2.24, 2.45) is 4.99 Å². The molecule has 0 bridgehead atoms. The molecule has 1 aromatic carbocycles. The third-order valence-corrected chi connectivity index (χ3v) is 2.66. The third kappa shape index (κ3) is 3.52. The molecule has 0 aromatic heterocycles. The highest BCUT2D eigenvalue weighted by atomic mass is 16.5. The average molecular weight is 245 g/mol. The van der Waals surface area contributed by atoms with E-state index >= 15 is 0 Å². The van der Waals surface area contributed by atoms with E-state index in [-0.39, 0.29) is 0 Å². The molecule has 0 saturated carbocycles. The molecule has 2 N–H and O–H groups in total. The predicted octanol–water partition coefficient (Wildman–Crippen LogP) is 1.69. The molecule has 0 amide bonds. The van der Waals surface area contributed by atoms with E-state index < -0.39 is 0 Å². The van der Waals surface area contributed by atoms with E-state index in [1.807, 2.05) is 24.3 Å². The Morgan fingerprint density at radius 1 is 1.50 bits per heavy atom. The molecular formula is C14H19N3O. The van der Waals surface area contributed by atoms with Crippen LogP contribution in [0.25, 0.3) is 0 Å². The second-order valence-electron chi connectivity index (χ2n) is 4.33. The number of benzene rings is 1. The van der Waals surface area contributed by atoms with Gasteiger partial charge in [0.2, 0.25) is 0 Å². The summed E-state index contributed by atoms with van der Waals surface area (Å²) in [6.45, 7) is 7.88. The van der Waals surface area contributed by atoms with Crippen molar-refractivity contribution in [3.05, 3.63) is 42.5 Å². The lowest BCUT2D eigenvalue weighted by molar-refractivity contribution is 0.363. The fourth-order valence-corrected chi connectivity index (χ4v) is 1.70. The Hall–Kier alpha value is -1.97. The lowest BCUT2D eigenvalue weighted by Crippen LogP contribution is -2.37. The summed E-state index contributed by atoms with van der Waals surface area (Å²) < 4.78 is 5.43. The number of nitrogens with one attached hydrogen (secondary N) is 2. The minimum Gasteiger partial charge on any atom is -0.490 e. The monoisotopic (exact) mass is 245 g/mol. The number of guanidine groups is 1. The van der Waals surface area contributed by atoms with E-state index in [4.69, 9.17) is 4.74 Å². The SMILES string of the molecule is C=CCOc1ccc(CNC2=NCC(C)N2)cc1. The van der Waals surface area contributed by atoms with Crippen LogP contribution in [0.15, 0.2) is 41.9 Å². The van der Waals surface area contributed by atoms with E-state index in [0.29, 0.717) is 12.6 Å². The van der Waals surface area contributed by atoms with Crippen LogP contribution in [0.1, 0.15) is 12.5 Å². The molecule has 2 rings (SSSR count). The van der Waals surface area contributed by atoms with Crippen molar-refractivity contribution < 1.29 is 4.74 Å². The van der Waals surface area contributed by atoms with Crippen LogP contribution >= 0.6 is 0 Å². The first kappa shape index (κ1) is 12.5. The number of hydrogen-bond acceptors (Lipinski definition) is 4. The molecule has 0 spiro atoms. The summed E-state index contributed by atoms with van der Waals surface area (Å²) >= 11 is 0. The second-order valence-corrected chi connectivity index (χ2v) is 4.33. The Labute approximate surface area is 108 Å². The van der Waals surface area contributed by atoms with Crippen LogP contribution in [-0.4, -0.2) is 25.2 Å². The van der Waals surface area contributed by atoms with E-state index in [9.17, 15) is 0 Å². The smallest absolute Gasteiger partial charge is 0.191 e. The van der Waals surface area contributed by atoms with Gasteiger partial charge in [-0.2, -0.15) is 0 Å². The molecule has 1 aromatic rings. The van der Waals surface area contributed by atoms with E-state index in [0.717, 1.165) is 24.8 Å². The van der Waals surface area contributed by atoms with Gasteiger partial charge in [0, 0.05) is 12.6 Å². The van der Waals surface area contributed by atoms with Crippen molar-refractivity contribution in [2.75, 3.05) is 13.2 Å². The standard InChI is InChI=1S/C14H19N3O/c1-3-8-18-13-6-4-12(5-7-13)10-16-14-15-9-11(2)17-14/h3-7,11H,1,8-10H2,2H3,(H2,15,16,17). The van der Waals surface area contributed by atoms with Gasteiger partial charge in [-0.1, -0.05) is 24.8 Å². The average Bonchev–Trinajstić information content (AvgIpc) is 2.81. The molecule has 0 radical (unpaired) electrons. The number of nitrogens with zero attached hydrogens (tertiary/aromatic N) is 1. The summed E-state index contributed by atoms with van der Waals surface area (Å²) in [5, 5.41) is 6.54. The zero-order chi connectivity index (χ0) is 12.8. The van der Waals surface area contributed by atoms with Gasteiger partial charge < -0.3 is 15.4 Å². The fourth-order valence-electron chi connectivity index (χ4n) is 1.70. The highest BCUT2D eigenvalue weighted by Gasteiger charge is 2.11. The van der Waals surface area contributed by atoms with Gasteiger partial charge in [-0.05, 0) is 24.6 Å². The van der Waals surface area contributed by atoms with Gasteiger partial charge in [0.15, 0.2) is 5.96 Å². The summed E-state index contributed by atoms with van der Waals surface area (Å²) in [5.74, 6) is 1.75. The topological polar surface area (TPSA) is 45.6 Å². The third-order valence-electron chi connectivity index (χ3n) is 2.66. The van der Waals surface area contributed by atoms with Crippen LogP contribution in [0.2, 0.25) is 0 Å². The summed E-state index contributed by atoms with van der Waals surface area (Å²) in [4.78, 5) is 4.35. The Morgan fingerprint density at radius 2 is 2.28 bits per heavy atom. The van der Waals surface area contributed by atoms with Crippen molar-refractivity contribution in [2.45, 2.75) is 19.5 Å². The molecule has 18 heavy (non-hydrogen) atoms. The van der Waals surface area contributed by atoms with Crippen LogP contribution in [0, 0.1) is 0 Å². The molecule has 4 nitrogen and oxygen atoms in total. The lowest BCUT2D eigenvalue weighted by atomic mass is 10.2. The molecule has 1 unspecified atom stereocenters. The van der Waals surface area contributed by atoms with Gasteiger partial charge in [-0.3, -0.25) is 4.99 Å². The minimum atomic E-state index is 0.433. The molecule has 4 heteroatoms. The number of aliphatic imine (C=N–C) groups is 1. The molecular weight excluding hydrogens is 226 g/mol. The molecule has 96 valence electrons. The molecule has 1 atom stereocenters. The van der Waals surface area contributed by atoms with Crippen LogP contribution in [0.3, 0.4) is 0 Å². The summed E-state index contributed by atoms with van der Waals surface area (Å²) in [6, 6.07) is 8.46. The first-order valence-electron chi connectivity index (χ1n) is 6.15. The maximum atomic E-state index is 5.43. The van der Waals surface area contributed by atoms with Crippen LogP contribution in [0.4, 0.5) is 0 Å². The maximum Gasteiger partial charge on any atom is 0.191 e. The Morgan fingerprint density at radius 3 is 2.89 bits per heavy atom. The summed E-state index contributed by atoms with van der Waals surface area (Å²) in [7, 11) is 0. The zero-order valence-corrected chi connectivity index (χ0v) is 10.6. The van der Waals surface area contributed by atoms with Crippen LogP contribution in [-0.2, 0) is 6.54 Å². The Kier molecular flexibility index (Phi) is 4.23. The normalized spacial score (nSPS) is 17.8. The van der Waals surface area contributed by atoms with Crippen molar-refractivity contribution in [1.82, 2.24) is 10.6 Å². The van der Waals surface area contributed by atoms with E-state index in [2.05, 4.69) is 29.1 Å². The first-order valence-corrected chi connectivity index (χ1v) is 6.15. The van der Waals surface area contributed by atoms with Crippen LogP contribution < -0.4 is 15.4 Å². The van der Waals surface area contributed by atoms with Gasteiger partial charge in [0.1, 0.15) is 12.4 Å². The van der Waals surface area contributed by atoms with Crippen molar-refractivity contribution in [3.8, 4) is 5.75 Å². The van der Waals surface area contributed by atoms with Gasteiger partial charge >= 0.3 is 0 Å². The van der Waals surface area contributed by atoms with Crippen molar-refractivity contribution in [3.63, 3.8) is 0 Å². The molecule has 1 aliphatic heterocycles. The highest BCUT2D eigenvalue weighted by molar-refractivity contribution is 5.81. The summed E-state index contributed by atoms with van der Waals surface area (Å²) in [5.41, 5.74) is 1.20. The van der Waals surface area contributed by atoms with Gasteiger partial charge in [-0.15, -0.1) is 0 Å². The molecule has 0 aliphatic carbocycles. The number of ether oxygens (including phenoxy) is 1. The van der Waals surface area contributed by atoms with Gasteiger partial charge in [0.25, 0.3) is 0 Å². The molecule has 1 aliphatic rings. The van der Waals surface area contributed by atoms with E-state index in [1.165, 1.54) is 5.56 Å². The molecule has 0 saturated heterocycles. The zero-order valence-electron chi connectivity index (χ0n) is 10.6. The molecule has 1 heterocycles. The van der Waals surface area contributed by atoms with Crippen molar-refractivity contribution >= 4 is 5.96 Å². The Balaban J connectivity index is 1.81. The Bertz CT molecular complexity index is 425. The van der Waals surface area contributed by atoms with Gasteiger partial charge in [-0.25, -0.2) is 0 Å². The largest absolute Gasteiger partial charge is 0.490 e. The fraction of sp³-hybridized carbons (Fsp3) is 0.357. The maximum absolute atomic E-state index is 5.43. The lowest BCUT2D eigenvalue weighted by Gasteiger charge is -2.09. The number of hydrogen-bond donors (Lipinski definition) is 2. The summed E-state index contributed by atoms with van der Waals surface area (Å²) in [6.07, 6.45) is 1.74. The van der Waals surface area contributed by atoms with E-state index in [1.54, 1.807) is 6.08 Å².